The lowest BCUT2D eigenvalue weighted by Gasteiger charge is -2.35. The molecule has 9 heteroatoms. The molecular formula is C10H12ClN3O3S2. The molecule has 0 radical (unpaired) electrons. The molecule has 0 aliphatic carbocycles. The third kappa shape index (κ3) is 3.01. The number of thioether (sulfide) groups is 1. The van der Waals surface area contributed by atoms with Gasteiger partial charge in [-0.2, -0.15) is 11.8 Å². The van der Waals surface area contributed by atoms with Gasteiger partial charge in [-0.15, -0.1) is 0 Å². The minimum absolute atomic E-state index is 0.0328. The molecule has 1 aromatic heterocycles. The molecule has 1 atom stereocenters. The van der Waals surface area contributed by atoms with E-state index in [1.54, 1.807) is 16.7 Å². The molecule has 0 saturated carbocycles. The summed E-state index contributed by atoms with van der Waals surface area (Å²) in [4.78, 5) is 20.5. The fourth-order valence-corrected chi connectivity index (χ4v) is 4.87. The van der Waals surface area contributed by atoms with Crippen LogP contribution in [0.1, 0.15) is 10.4 Å². The average Bonchev–Trinajstić information content (AvgIpc) is 2.37. The fraction of sp³-hybridized carbons (Fsp3) is 0.500. The number of aromatic nitrogens is 2. The van der Waals surface area contributed by atoms with Crippen LogP contribution in [-0.2, 0) is 9.84 Å². The van der Waals surface area contributed by atoms with Crippen LogP contribution in [0.2, 0.25) is 5.15 Å². The maximum absolute atomic E-state index is 11.8. The molecule has 1 aromatic rings. The first-order valence-electron chi connectivity index (χ1n) is 5.44. The molecule has 0 amide bonds. The molecule has 2 heterocycles. The number of hydrogen-bond donors (Lipinski definition) is 0. The fourth-order valence-electron chi connectivity index (χ4n) is 1.87. The van der Waals surface area contributed by atoms with E-state index in [9.17, 15) is 13.2 Å². The molecule has 2 rings (SSSR count). The zero-order valence-corrected chi connectivity index (χ0v) is 12.5. The largest absolute Gasteiger partial charge is 0.337 e. The SMILES string of the molecule is CS(=O)(=O)C1CSCCN1c1ncnc(Cl)c1C=O. The van der Waals surface area contributed by atoms with Crippen molar-refractivity contribution in [3.63, 3.8) is 0 Å². The van der Waals surface area contributed by atoms with Gasteiger partial charge in [0.1, 0.15) is 22.7 Å². The normalized spacial score (nSPS) is 20.3. The van der Waals surface area contributed by atoms with Gasteiger partial charge in [0.05, 0.1) is 5.56 Å². The van der Waals surface area contributed by atoms with Crippen LogP contribution in [0.5, 0.6) is 0 Å². The molecule has 1 saturated heterocycles. The number of nitrogens with zero attached hydrogens (tertiary/aromatic N) is 3. The van der Waals surface area contributed by atoms with E-state index in [0.717, 1.165) is 5.75 Å². The predicted molar refractivity (Wildman–Crippen MR) is 75.7 cm³/mol. The van der Waals surface area contributed by atoms with Gasteiger partial charge in [0.2, 0.25) is 0 Å². The van der Waals surface area contributed by atoms with Crippen LogP contribution in [0.15, 0.2) is 6.33 Å². The number of carbonyl (C=O) groups excluding carboxylic acids is 1. The Morgan fingerprint density at radius 2 is 2.26 bits per heavy atom. The number of carbonyl (C=O) groups is 1. The van der Waals surface area contributed by atoms with E-state index in [0.29, 0.717) is 18.6 Å². The minimum Gasteiger partial charge on any atom is -0.337 e. The zero-order valence-electron chi connectivity index (χ0n) is 10.1. The van der Waals surface area contributed by atoms with E-state index in [1.807, 2.05) is 0 Å². The summed E-state index contributed by atoms with van der Waals surface area (Å²) in [5, 5.41) is -0.665. The minimum atomic E-state index is -3.28. The van der Waals surface area contributed by atoms with Crippen molar-refractivity contribution in [2.45, 2.75) is 5.37 Å². The van der Waals surface area contributed by atoms with Crippen LogP contribution >= 0.6 is 23.4 Å². The van der Waals surface area contributed by atoms with Gasteiger partial charge >= 0.3 is 0 Å². The van der Waals surface area contributed by atoms with Gasteiger partial charge in [0.15, 0.2) is 16.1 Å². The van der Waals surface area contributed by atoms with Crippen LogP contribution in [0.25, 0.3) is 0 Å². The van der Waals surface area contributed by atoms with E-state index >= 15 is 0 Å². The molecule has 1 unspecified atom stereocenters. The molecule has 0 spiro atoms. The first-order valence-corrected chi connectivity index (χ1v) is 8.93. The van der Waals surface area contributed by atoms with Crippen LogP contribution in [0.4, 0.5) is 5.82 Å². The van der Waals surface area contributed by atoms with Crippen LogP contribution in [0.3, 0.4) is 0 Å². The molecule has 6 nitrogen and oxygen atoms in total. The number of halogens is 1. The van der Waals surface area contributed by atoms with Crippen molar-refractivity contribution in [3.05, 3.63) is 17.0 Å². The summed E-state index contributed by atoms with van der Waals surface area (Å²) in [6, 6.07) is 0. The molecule has 0 N–H and O–H groups in total. The molecule has 19 heavy (non-hydrogen) atoms. The van der Waals surface area contributed by atoms with E-state index in [4.69, 9.17) is 11.6 Å². The van der Waals surface area contributed by atoms with E-state index < -0.39 is 15.2 Å². The topological polar surface area (TPSA) is 80.2 Å². The smallest absolute Gasteiger partial charge is 0.169 e. The van der Waals surface area contributed by atoms with E-state index in [1.165, 1.54) is 12.6 Å². The zero-order chi connectivity index (χ0) is 14.0. The second-order valence-electron chi connectivity index (χ2n) is 4.07. The predicted octanol–water partition coefficient (Wildman–Crippen LogP) is 0.866. The first kappa shape index (κ1) is 14.5. The Hall–Kier alpha value is -0.860. The second kappa shape index (κ2) is 5.64. The lowest BCUT2D eigenvalue weighted by Crippen LogP contribution is -2.47. The number of hydrogen-bond acceptors (Lipinski definition) is 7. The van der Waals surface area contributed by atoms with Gasteiger partial charge in [-0.05, 0) is 0 Å². The highest BCUT2D eigenvalue weighted by Gasteiger charge is 2.33. The summed E-state index contributed by atoms with van der Waals surface area (Å²) in [5.41, 5.74) is 0.129. The number of anilines is 1. The lowest BCUT2D eigenvalue weighted by molar-refractivity contribution is 0.112. The second-order valence-corrected chi connectivity index (χ2v) is 7.78. The monoisotopic (exact) mass is 321 g/mol. The Bertz CT molecular complexity index is 594. The summed E-state index contributed by atoms with van der Waals surface area (Å²) in [6.45, 7) is 0.497. The molecular weight excluding hydrogens is 310 g/mol. The summed E-state index contributed by atoms with van der Waals surface area (Å²) >= 11 is 7.41. The summed E-state index contributed by atoms with van der Waals surface area (Å²) < 4.78 is 23.7. The van der Waals surface area contributed by atoms with Gasteiger partial charge in [0, 0.05) is 24.3 Å². The maximum Gasteiger partial charge on any atom is 0.169 e. The Balaban J connectivity index is 2.49. The van der Waals surface area contributed by atoms with Gasteiger partial charge in [-0.25, -0.2) is 18.4 Å². The van der Waals surface area contributed by atoms with Crippen molar-refractivity contribution in [2.75, 3.05) is 29.2 Å². The van der Waals surface area contributed by atoms with Crippen LogP contribution in [0, 0.1) is 0 Å². The quantitative estimate of drug-likeness (QED) is 0.603. The van der Waals surface area contributed by atoms with E-state index in [2.05, 4.69) is 9.97 Å². The molecule has 104 valence electrons. The highest BCUT2D eigenvalue weighted by atomic mass is 35.5. The van der Waals surface area contributed by atoms with Crippen molar-refractivity contribution in [1.29, 1.82) is 0 Å². The highest BCUT2D eigenvalue weighted by molar-refractivity contribution is 8.01. The van der Waals surface area contributed by atoms with Crippen molar-refractivity contribution in [1.82, 2.24) is 9.97 Å². The lowest BCUT2D eigenvalue weighted by atomic mass is 10.3. The van der Waals surface area contributed by atoms with Crippen molar-refractivity contribution in [3.8, 4) is 0 Å². The standard InChI is InChI=1S/C10H12ClN3O3S2/c1-19(16,17)8-5-18-3-2-14(8)10-7(4-15)9(11)12-6-13-10/h4,6,8H,2-3,5H2,1H3. The van der Waals surface area contributed by atoms with Crippen molar-refractivity contribution < 1.29 is 13.2 Å². The number of aldehydes is 1. The van der Waals surface area contributed by atoms with Gasteiger partial charge < -0.3 is 4.90 Å². The molecule has 1 aliphatic heterocycles. The van der Waals surface area contributed by atoms with Gasteiger partial charge in [-0.1, -0.05) is 11.6 Å². The highest BCUT2D eigenvalue weighted by Crippen LogP contribution is 2.29. The van der Waals surface area contributed by atoms with Gasteiger partial charge in [-0.3, -0.25) is 4.79 Å². The Kier molecular flexibility index (Phi) is 4.32. The molecule has 0 bridgehead atoms. The summed E-state index contributed by atoms with van der Waals surface area (Å²) in [7, 11) is -3.28. The Labute approximate surface area is 120 Å². The molecule has 1 aliphatic rings. The Morgan fingerprint density at radius 3 is 2.89 bits per heavy atom. The summed E-state index contributed by atoms with van der Waals surface area (Å²) in [5.74, 6) is 1.50. The molecule has 1 fully saturated rings. The average molecular weight is 322 g/mol. The van der Waals surface area contributed by atoms with Crippen LogP contribution in [-0.4, -0.2) is 54.4 Å². The third-order valence-corrected chi connectivity index (χ3v) is 5.73. The maximum atomic E-state index is 11.8. The van der Waals surface area contributed by atoms with Crippen molar-refractivity contribution >= 4 is 45.3 Å². The summed E-state index contributed by atoms with van der Waals surface area (Å²) in [6.07, 6.45) is 2.96. The van der Waals surface area contributed by atoms with Gasteiger partial charge in [0.25, 0.3) is 0 Å². The third-order valence-electron chi connectivity index (χ3n) is 2.78. The van der Waals surface area contributed by atoms with E-state index in [-0.39, 0.29) is 16.5 Å². The Morgan fingerprint density at radius 1 is 1.53 bits per heavy atom. The number of rotatable bonds is 3. The first-order chi connectivity index (χ1) is 8.95. The van der Waals surface area contributed by atoms with Crippen molar-refractivity contribution in [2.24, 2.45) is 0 Å². The van der Waals surface area contributed by atoms with Crippen LogP contribution < -0.4 is 4.90 Å². The molecule has 0 aromatic carbocycles. The number of sulfone groups is 1.